The lowest BCUT2D eigenvalue weighted by Gasteiger charge is -2.34. The molecule has 10 heteroatoms. The quantitative estimate of drug-likeness (QED) is 0.455. The molecule has 0 bridgehead atoms. The van der Waals surface area contributed by atoms with E-state index in [1.54, 1.807) is 11.6 Å². The molecule has 2 aromatic carbocycles. The second-order valence-corrected chi connectivity index (χ2v) is 7.90. The number of benzene rings is 2. The predicted molar refractivity (Wildman–Crippen MR) is 102 cm³/mol. The van der Waals surface area contributed by atoms with Gasteiger partial charge in [0.15, 0.2) is 0 Å². The third-order valence-corrected chi connectivity index (χ3v) is 5.85. The summed E-state index contributed by atoms with van der Waals surface area (Å²) in [5.41, 5.74) is 1.69. The van der Waals surface area contributed by atoms with Gasteiger partial charge in [-0.3, -0.25) is 5.11 Å². The SMILES string of the molecule is [O]c1ccc2scnc2c1N1CCC(Oc2cccc(C(F)(F)C(F)(F)F)c2)CC1. The number of piperidine rings is 1. The maximum Gasteiger partial charge on any atom is 0.458 e. The van der Waals surface area contributed by atoms with E-state index in [1.807, 2.05) is 4.90 Å². The van der Waals surface area contributed by atoms with E-state index in [2.05, 4.69) is 4.98 Å². The van der Waals surface area contributed by atoms with Crippen LogP contribution in [0.4, 0.5) is 27.6 Å². The maximum atomic E-state index is 13.6. The second-order valence-electron chi connectivity index (χ2n) is 7.02. The molecule has 4 nitrogen and oxygen atoms in total. The van der Waals surface area contributed by atoms with Crippen molar-refractivity contribution >= 4 is 27.2 Å². The summed E-state index contributed by atoms with van der Waals surface area (Å²) >= 11 is 1.44. The van der Waals surface area contributed by atoms with E-state index < -0.39 is 17.7 Å². The summed E-state index contributed by atoms with van der Waals surface area (Å²) in [6.07, 6.45) is -5.07. The van der Waals surface area contributed by atoms with Crippen molar-refractivity contribution in [3.8, 4) is 11.5 Å². The molecule has 1 saturated heterocycles. The molecule has 2 heterocycles. The van der Waals surface area contributed by atoms with E-state index in [9.17, 15) is 27.1 Å². The van der Waals surface area contributed by atoms with E-state index in [1.165, 1.54) is 23.5 Å². The summed E-state index contributed by atoms with van der Waals surface area (Å²) in [5, 5.41) is 12.3. The Morgan fingerprint density at radius 2 is 1.80 bits per heavy atom. The van der Waals surface area contributed by atoms with Crippen LogP contribution in [0.1, 0.15) is 18.4 Å². The lowest BCUT2D eigenvalue weighted by atomic mass is 10.1. The Morgan fingerprint density at radius 1 is 1.07 bits per heavy atom. The molecule has 0 unspecified atom stereocenters. The van der Waals surface area contributed by atoms with Gasteiger partial charge in [0.05, 0.1) is 10.2 Å². The highest BCUT2D eigenvalue weighted by molar-refractivity contribution is 7.16. The highest BCUT2D eigenvalue weighted by Crippen LogP contribution is 2.44. The molecule has 0 spiro atoms. The summed E-state index contributed by atoms with van der Waals surface area (Å²) in [7, 11) is 0. The van der Waals surface area contributed by atoms with E-state index in [0.29, 0.717) is 37.1 Å². The van der Waals surface area contributed by atoms with Crippen molar-refractivity contribution in [3.63, 3.8) is 0 Å². The van der Waals surface area contributed by atoms with Gasteiger partial charge in [0, 0.05) is 31.5 Å². The first-order valence-electron chi connectivity index (χ1n) is 9.17. The van der Waals surface area contributed by atoms with Crippen molar-refractivity contribution in [1.29, 1.82) is 0 Å². The zero-order chi connectivity index (χ0) is 21.5. The van der Waals surface area contributed by atoms with Gasteiger partial charge in [-0.15, -0.1) is 11.3 Å². The van der Waals surface area contributed by atoms with Gasteiger partial charge >= 0.3 is 12.1 Å². The van der Waals surface area contributed by atoms with Crippen LogP contribution >= 0.6 is 11.3 Å². The van der Waals surface area contributed by atoms with Crippen LogP contribution in [0.25, 0.3) is 10.2 Å². The lowest BCUT2D eigenvalue weighted by Crippen LogP contribution is -2.38. The van der Waals surface area contributed by atoms with E-state index in [0.717, 1.165) is 22.9 Å². The molecule has 0 atom stereocenters. The van der Waals surface area contributed by atoms with Crippen molar-refractivity contribution in [3.05, 3.63) is 47.5 Å². The number of hydrogen-bond acceptors (Lipinski definition) is 4. The molecular formula is C20H16F5N2O2S. The Morgan fingerprint density at radius 3 is 2.50 bits per heavy atom. The summed E-state index contributed by atoms with van der Waals surface area (Å²) in [6, 6.07) is 7.17. The van der Waals surface area contributed by atoms with Crippen molar-refractivity contribution < 1.29 is 31.8 Å². The van der Waals surface area contributed by atoms with Gasteiger partial charge in [-0.2, -0.15) is 22.0 Å². The van der Waals surface area contributed by atoms with Crippen molar-refractivity contribution in [2.75, 3.05) is 18.0 Å². The topological polar surface area (TPSA) is 45.3 Å². The minimum Gasteiger partial charge on any atom is -0.490 e. The molecule has 1 radical (unpaired) electrons. The predicted octanol–water partition coefficient (Wildman–Crippen LogP) is 6.14. The monoisotopic (exact) mass is 443 g/mol. The van der Waals surface area contributed by atoms with E-state index >= 15 is 0 Å². The molecule has 1 aliphatic heterocycles. The number of fused-ring (bicyclic) bond motifs is 1. The van der Waals surface area contributed by atoms with Gasteiger partial charge in [0.1, 0.15) is 23.1 Å². The molecule has 1 aromatic heterocycles. The van der Waals surface area contributed by atoms with Gasteiger partial charge in [-0.25, -0.2) is 4.98 Å². The Kier molecular flexibility index (Phi) is 5.21. The number of aromatic nitrogens is 1. The first-order valence-corrected chi connectivity index (χ1v) is 10.0. The largest absolute Gasteiger partial charge is 0.490 e. The van der Waals surface area contributed by atoms with Crippen LogP contribution in [0.2, 0.25) is 0 Å². The van der Waals surface area contributed by atoms with Crippen molar-refractivity contribution in [2.24, 2.45) is 0 Å². The summed E-state index contributed by atoms with van der Waals surface area (Å²) in [6.45, 7) is 0.962. The fraction of sp³-hybridized carbons (Fsp3) is 0.350. The van der Waals surface area contributed by atoms with Gasteiger partial charge < -0.3 is 9.64 Å². The lowest BCUT2D eigenvalue weighted by molar-refractivity contribution is -0.289. The highest BCUT2D eigenvalue weighted by atomic mass is 32.1. The molecule has 0 saturated carbocycles. The Labute approximate surface area is 172 Å². The molecule has 3 aromatic rings. The zero-order valence-electron chi connectivity index (χ0n) is 15.5. The smallest absolute Gasteiger partial charge is 0.458 e. The van der Waals surface area contributed by atoms with Gasteiger partial charge in [-0.05, 0) is 24.3 Å². The van der Waals surface area contributed by atoms with Crippen LogP contribution in [0.3, 0.4) is 0 Å². The average molecular weight is 443 g/mol. The van der Waals surface area contributed by atoms with Crippen LogP contribution in [-0.4, -0.2) is 30.4 Å². The molecule has 1 fully saturated rings. The number of ether oxygens (including phenoxy) is 1. The van der Waals surface area contributed by atoms with Crippen molar-refractivity contribution in [2.45, 2.75) is 31.0 Å². The number of thiazole rings is 1. The summed E-state index contributed by atoms with van der Waals surface area (Å²) in [4.78, 5) is 6.19. The number of rotatable bonds is 4. The van der Waals surface area contributed by atoms with Crippen LogP contribution in [0.15, 0.2) is 41.9 Å². The maximum absolute atomic E-state index is 13.6. The number of nitrogens with zero attached hydrogens (tertiary/aromatic N) is 2. The molecule has 0 amide bonds. The highest BCUT2D eigenvalue weighted by Gasteiger charge is 2.58. The molecule has 4 rings (SSSR count). The Hall–Kier alpha value is -2.62. The summed E-state index contributed by atoms with van der Waals surface area (Å²) in [5.74, 6) is -5.12. The molecule has 30 heavy (non-hydrogen) atoms. The third kappa shape index (κ3) is 3.76. The fourth-order valence-electron chi connectivity index (χ4n) is 3.52. The zero-order valence-corrected chi connectivity index (χ0v) is 16.3. The van der Waals surface area contributed by atoms with Gasteiger partial charge in [0.2, 0.25) is 5.75 Å². The van der Waals surface area contributed by atoms with Crippen LogP contribution in [-0.2, 0) is 11.0 Å². The standard InChI is InChI=1S/C20H16F5N2O2S/c21-19(22,20(23,24)25)12-2-1-3-14(10-12)29-13-6-8-27(9-7-13)18-15(28)4-5-16-17(18)26-11-30-16/h1-5,10-11,13H,6-9H2. The van der Waals surface area contributed by atoms with Crippen LogP contribution in [0, 0.1) is 0 Å². The molecular weight excluding hydrogens is 427 g/mol. The molecule has 0 aliphatic carbocycles. The van der Waals surface area contributed by atoms with E-state index in [-0.39, 0.29) is 17.6 Å². The minimum atomic E-state index is -5.68. The Bertz CT molecular complexity index is 1050. The average Bonchev–Trinajstić information content (AvgIpc) is 3.17. The van der Waals surface area contributed by atoms with Gasteiger partial charge in [0.25, 0.3) is 0 Å². The second kappa shape index (κ2) is 7.57. The number of alkyl halides is 5. The molecule has 1 aliphatic rings. The number of halogens is 5. The van der Waals surface area contributed by atoms with Crippen molar-refractivity contribution in [1.82, 2.24) is 4.98 Å². The van der Waals surface area contributed by atoms with E-state index in [4.69, 9.17) is 4.74 Å². The number of anilines is 1. The number of hydrogen-bond donors (Lipinski definition) is 0. The van der Waals surface area contributed by atoms with Crippen LogP contribution in [0.5, 0.6) is 11.5 Å². The summed E-state index contributed by atoms with van der Waals surface area (Å²) < 4.78 is 71.6. The van der Waals surface area contributed by atoms with Gasteiger partial charge in [-0.1, -0.05) is 12.1 Å². The fourth-order valence-corrected chi connectivity index (χ4v) is 4.20. The van der Waals surface area contributed by atoms with Crippen LogP contribution < -0.4 is 9.64 Å². The Balaban J connectivity index is 1.45. The molecule has 159 valence electrons. The first kappa shape index (κ1) is 20.6. The first-order chi connectivity index (χ1) is 14.2. The normalized spacial score (nSPS) is 16.2. The third-order valence-electron chi connectivity index (χ3n) is 5.05. The molecule has 0 N–H and O–H groups in total. The minimum absolute atomic E-state index is 0.0407.